The van der Waals surface area contributed by atoms with Gasteiger partial charge in [-0.2, -0.15) is 5.10 Å². The van der Waals surface area contributed by atoms with Gasteiger partial charge in [-0.05, 0) is 23.3 Å². The first-order valence-electron chi connectivity index (χ1n) is 6.07. The molecule has 18 heavy (non-hydrogen) atoms. The van der Waals surface area contributed by atoms with Gasteiger partial charge in [-0.3, -0.25) is 4.68 Å². The molecule has 3 nitrogen and oxygen atoms in total. The number of benzene rings is 1. The number of hydrogen-bond acceptors (Lipinski definition) is 2. The molecule has 0 radical (unpaired) electrons. The zero-order chi connectivity index (χ0) is 13.1. The molecular formula is C14H18FN3. The van der Waals surface area contributed by atoms with Gasteiger partial charge >= 0.3 is 0 Å². The quantitative estimate of drug-likeness (QED) is 0.900. The van der Waals surface area contributed by atoms with Crippen LogP contribution in [-0.2, 0) is 13.6 Å². The van der Waals surface area contributed by atoms with Gasteiger partial charge in [0.25, 0.3) is 0 Å². The molecule has 0 atom stereocenters. The fourth-order valence-electron chi connectivity index (χ4n) is 1.86. The van der Waals surface area contributed by atoms with E-state index >= 15 is 0 Å². The Morgan fingerprint density at radius 2 is 2.17 bits per heavy atom. The summed E-state index contributed by atoms with van der Waals surface area (Å²) in [6, 6.07) is 5.25. The Bertz CT molecular complexity index is 532. The molecule has 0 aliphatic carbocycles. The van der Waals surface area contributed by atoms with E-state index in [9.17, 15) is 4.39 Å². The van der Waals surface area contributed by atoms with Gasteiger partial charge in [0.2, 0.25) is 0 Å². The maximum atomic E-state index is 13.3. The van der Waals surface area contributed by atoms with Crippen LogP contribution < -0.4 is 5.32 Å². The molecule has 0 amide bonds. The van der Waals surface area contributed by atoms with Gasteiger partial charge in [-0.25, -0.2) is 4.39 Å². The molecule has 0 spiro atoms. The van der Waals surface area contributed by atoms with E-state index < -0.39 is 0 Å². The van der Waals surface area contributed by atoms with Gasteiger partial charge in [-0.1, -0.05) is 19.9 Å². The third-order valence-electron chi connectivity index (χ3n) is 2.78. The van der Waals surface area contributed by atoms with Crippen LogP contribution in [0.1, 0.15) is 19.4 Å². The van der Waals surface area contributed by atoms with E-state index in [2.05, 4.69) is 24.3 Å². The summed E-state index contributed by atoms with van der Waals surface area (Å²) in [4.78, 5) is 0. The molecule has 1 aromatic carbocycles. The highest BCUT2D eigenvalue weighted by Gasteiger charge is 2.08. The molecule has 0 fully saturated rings. The highest BCUT2D eigenvalue weighted by atomic mass is 19.1. The number of aryl methyl sites for hydroxylation is 1. The number of aromatic nitrogens is 2. The van der Waals surface area contributed by atoms with E-state index in [4.69, 9.17) is 0 Å². The summed E-state index contributed by atoms with van der Waals surface area (Å²) in [7, 11) is 1.87. The lowest BCUT2D eigenvalue weighted by Gasteiger charge is -2.12. The Labute approximate surface area is 107 Å². The molecule has 1 aromatic heterocycles. The van der Waals surface area contributed by atoms with Crippen molar-refractivity contribution >= 4 is 0 Å². The maximum absolute atomic E-state index is 13.3. The first-order valence-corrected chi connectivity index (χ1v) is 6.07. The van der Waals surface area contributed by atoms with Crippen molar-refractivity contribution < 1.29 is 4.39 Å². The Kier molecular flexibility index (Phi) is 3.77. The summed E-state index contributed by atoms with van der Waals surface area (Å²) < 4.78 is 15.1. The lowest BCUT2D eigenvalue weighted by molar-refractivity contribution is 0.582. The lowest BCUT2D eigenvalue weighted by atomic mass is 10.0. The largest absolute Gasteiger partial charge is 0.310 e. The van der Waals surface area contributed by atoms with Crippen molar-refractivity contribution in [1.82, 2.24) is 15.1 Å². The van der Waals surface area contributed by atoms with Gasteiger partial charge in [0.05, 0.1) is 6.20 Å². The van der Waals surface area contributed by atoms with Crippen molar-refractivity contribution in [2.24, 2.45) is 7.05 Å². The molecule has 4 heteroatoms. The summed E-state index contributed by atoms with van der Waals surface area (Å²) >= 11 is 0. The second kappa shape index (κ2) is 5.31. The van der Waals surface area contributed by atoms with E-state index in [1.807, 2.05) is 19.3 Å². The second-order valence-electron chi connectivity index (χ2n) is 4.74. The maximum Gasteiger partial charge on any atom is 0.123 e. The van der Waals surface area contributed by atoms with Gasteiger partial charge in [-0.15, -0.1) is 0 Å². The zero-order valence-electron chi connectivity index (χ0n) is 10.9. The lowest BCUT2D eigenvalue weighted by Crippen LogP contribution is -2.22. The number of halogens is 1. The van der Waals surface area contributed by atoms with E-state index in [-0.39, 0.29) is 5.82 Å². The normalized spacial score (nSPS) is 11.2. The first-order chi connectivity index (χ1) is 8.56. The van der Waals surface area contributed by atoms with E-state index in [0.29, 0.717) is 12.6 Å². The predicted octanol–water partition coefficient (Wildman–Crippen LogP) is 2.72. The van der Waals surface area contributed by atoms with Crippen molar-refractivity contribution in [2.45, 2.75) is 26.4 Å². The molecular weight excluding hydrogens is 229 g/mol. The average molecular weight is 247 g/mol. The van der Waals surface area contributed by atoms with Crippen LogP contribution in [0.3, 0.4) is 0 Å². The van der Waals surface area contributed by atoms with Crippen molar-refractivity contribution in [3.05, 3.63) is 42.0 Å². The van der Waals surface area contributed by atoms with Crippen LogP contribution in [0.25, 0.3) is 11.1 Å². The van der Waals surface area contributed by atoms with Crippen LogP contribution >= 0.6 is 0 Å². The van der Waals surface area contributed by atoms with E-state index in [1.54, 1.807) is 16.9 Å². The number of rotatable bonds is 4. The Balaban J connectivity index is 2.34. The van der Waals surface area contributed by atoms with Crippen LogP contribution in [0.15, 0.2) is 30.6 Å². The zero-order valence-corrected chi connectivity index (χ0v) is 10.9. The molecule has 2 rings (SSSR count). The smallest absolute Gasteiger partial charge is 0.123 e. The molecule has 96 valence electrons. The summed E-state index contributed by atoms with van der Waals surface area (Å²) in [6.07, 6.45) is 3.73. The minimum absolute atomic E-state index is 0.205. The van der Waals surface area contributed by atoms with Gasteiger partial charge in [0, 0.05) is 31.4 Å². The Morgan fingerprint density at radius 3 is 2.78 bits per heavy atom. The third kappa shape index (κ3) is 2.96. The van der Waals surface area contributed by atoms with E-state index in [1.165, 1.54) is 6.07 Å². The third-order valence-corrected chi connectivity index (χ3v) is 2.78. The van der Waals surface area contributed by atoms with Gasteiger partial charge in [0.15, 0.2) is 0 Å². The molecule has 0 aliphatic heterocycles. The Hall–Kier alpha value is -1.68. The molecule has 0 aliphatic rings. The SMILES string of the molecule is CC(C)NCc1cc(F)ccc1-c1cnn(C)c1. The fourth-order valence-corrected chi connectivity index (χ4v) is 1.86. The Morgan fingerprint density at radius 1 is 1.39 bits per heavy atom. The topological polar surface area (TPSA) is 29.9 Å². The van der Waals surface area contributed by atoms with Crippen LogP contribution in [-0.4, -0.2) is 15.8 Å². The van der Waals surface area contributed by atoms with Crippen LogP contribution in [0, 0.1) is 5.82 Å². The number of nitrogens with zero attached hydrogens (tertiary/aromatic N) is 2. The highest BCUT2D eigenvalue weighted by Crippen LogP contribution is 2.24. The van der Waals surface area contributed by atoms with Gasteiger partial charge < -0.3 is 5.32 Å². The van der Waals surface area contributed by atoms with Crippen molar-refractivity contribution in [2.75, 3.05) is 0 Å². The first kappa shape index (κ1) is 12.8. The van der Waals surface area contributed by atoms with Crippen LogP contribution in [0.5, 0.6) is 0 Å². The fraction of sp³-hybridized carbons (Fsp3) is 0.357. The molecule has 1 N–H and O–H groups in total. The minimum Gasteiger partial charge on any atom is -0.310 e. The molecule has 1 heterocycles. The molecule has 2 aromatic rings. The number of hydrogen-bond donors (Lipinski definition) is 1. The number of nitrogens with one attached hydrogen (secondary N) is 1. The monoisotopic (exact) mass is 247 g/mol. The predicted molar refractivity (Wildman–Crippen MR) is 70.6 cm³/mol. The van der Waals surface area contributed by atoms with Crippen molar-refractivity contribution in [1.29, 1.82) is 0 Å². The van der Waals surface area contributed by atoms with Crippen LogP contribution in [0.2, 0.25) is 0 Å². The van der Waals surface area contributed by atoms with Gasteiger partial charge in [0.1, 0.15) is 5.82 Å². The molecule has 0 saturated heterocycles. The summed E-state index contributed by atoms with van der Waals surface area (Å²) in [5, 5.41) is 7.47. The summed E-state index contributed by atoms with van der Waals surface area (Å²) in [6.45, 7) is 4.80. The summed E-state index contributed by atoms with van der Waals surface area (Å²) in [5.74, 6) is -0.205. The second-order valence-corrected chi connectivity index (χ2v) is 4.74. The van der Waals surface area contributed by atoms with Crippen LogP contribution in [0.4, 0.5) is 4.39 Å². The summed E-state index contributed by atoms with van der Waals surface area (Å²) in [5.41, 5.74) is 2.99. The molecule has 0 bridgehead atoms. The molecule has 0 saturated carbocycles. The minimum atomic E-state index is -0.205. The standard InChI is InChI=1S/C14H18FN3/c1-10(2)16-7-11-6-13(15)4-5-14(11)12-8-17-18(3)9-12/h4-6,8-10,16H,7H2,1-3H3. The van der Waals surface area contributed by atoms with Crippen molar-refractivity contribution in [3.8, 4) is 11.1 Å². The average Bonchev–Trinajstić information content (AvgIpc) is 2.73. The molecule has 0 unspecified atom stereocenters. The van der Waals surface area contributed by atoms with Crippen molar-refractivity contribution in [3.63, 3.8) is 0 Å². The van der Waals surface area contributed by atoms with E-state index in [0.717, 1.165) is 16.7 Å². The highest BCUT2D eigenvalue weighted by molar-refractivity contribution is 5.66.